The van der Waals surface area contributed by atoms with Crippen LogP contribution in [0, 0.1) is 11.3 Å². The molecule has 0 radical (unpaired) electrons. The van der Waals surface area contributed by atoms with Gasteiger partial charge in [-0.3, -0.25) is 14.4 Å². The van der Waals surface area contributed by atoms with E-state index in [9.17, 15) is 19.5 Å². The molecule has 0 aromatic rings. The summed E-state index contributed by atoms with van der Waals surface area (Å²) in [5.74, 6) is -1.56. The summed E-state index contributed by atoms with van der Waals surface area (Å²) in [6.07, 6.45) is 3.99. The van der Waals surface area contributed by atoms with Gasteiger partial charge >= 0.3 is 5.97 Å². The zero-order valence-electron chi connectivity index (χ0n) is 11.1. The highest BCUT2D eigenvalue weighted by molar-refractivity contribution is 5.96. The summed E-state index contributed by atoms with van der Waals surface area (Å²) in [7, 11) is 0. The number of carbonyl (C=O) groups is 3. The number of ether oxygens (including phenoxy) is 1. The number of hydrogen-bond acceptors (Lipinski definition) is 4. The van der Waals surface area contributed by atoms with Crippen molar-refractivity contribution in [1.82, 2.24) is 0 Å². The normalized spacial score (nSPS) is 45.9. The van der Waals surface area contributed by atoms with Crippen LogP contribution in [-0.4, -0.2) is 34.3 Å². The zero-order valence-corrected chi connectivity index (χ0v) is 11.1. The number of aliphatic carboxylic acids is 1. The van der Waals surface area contributed by atoms with Crippen molar-refractivity contribution in [3.8, 4) is 0 Å². The summed E-state index contributed by atoms with van der Waals surface area (Å²) in [5, 5.41) is 9.68. The highest BCUT2D eigenvalue weighted by Gasteiger charge is 2.68. The molecule has 4 aliphatic rings. The molecule has 2 saturated carbocycles. The third-order valence-electron chi connectivity index (χ3n) is 5.61. The van der Waals surface area contributed by atoms with E-state index in [1.807, 2.05) is 6.08 Å². The Balaban J connectivity index is 1.88. The Morgan fingerprint density at radius 1 is 1.30 bits per heavy atom. The monoisotopic (exact) mass is 276 g/mol. The van der Waals surface area contributed by atoms with Crippen molar-refractivity contribution in [2.45, 2.75) is 50.2 Å². The molecule has 2 heterocycles. The SMILES string of the molecule is O=C1C[C@@H]2C=C3CC[C@@]4(C(=O)O)CCC(=O)[C@H]4[C@@]3(C1)O2. The molecule has 0 amide bonds. The molecule has 20 heavy (non-hydrogen) atoms. The molecule has 1 spiro atoms. The van der Waals surface area contributed by atoms with E-state index in [0.717, 1.165) is 5.57 Å². The average Bonchev–Trinajstić information content (AvgIpc) is 2.84. The van der Waals surface area contributed by atoms with Gasteiger partial charge in [0, 0.05) is 19.3 Å². The van der Waals surface area contributed by atoms with Crippen LogP contribution in [0.1, 0.15) is 38.5 Å². The standard InChI is InChI=1S/C15H16O5/c16-9-6-10-5-8-1-3-14(13(18)19)4-2-11(17)12(14)15(8,7-9)20-10/h5,10,12H,1-4,6-7H2,(H,18,19)/t10-,12+,14+,15-/m0/s1. The fourth-order valence-corrected chi connectivity index (χ4v) is 4.85. The Morgan fingerprint density at radius 3 is 2.80 bits per heavy atom. The summed E-state index contributed by atoms with van der Waals surface area (Å²) < 4.78 is 6.02. The van der Waals surface area contributed by atoms with Gasteiger partial charge in [0.05, 0.1) is 17.4 Å². The first-order valence-corrected chi connectivity index (χ1v) is 7.15. The summed E-state index contributed by atoms with van der Waals surface area (Å²) in [5.41, 5.74) is -0.976. The van der Waals surface area contributed by atoms with E-state index in [-0.39, 0.29) is 30.5 Å². The van der Waals surface area contributed by atoms with E-state index in [1.54, 1.807) is 0 Å². The number of carbonyl (C=O) groups excluding carboxylic acids is 2. The highest BCUT2D eigenvalue weighted by Crippen LogP contribution is 2.62. The van der Waals surface area contributed by atoms with E-state index < -0.39 is 22.9 Å². The smallest absolute Gasteiger partial charge is 0.310 e. The van der Waals surface area contributed by atoms with Crippen LogP contribution in [0.15, 0.2) is 11.6 Å². The number of Topliss-reactive ketones (excluding diaryl/α,β-unsaturated/α-hetero) is 2. The van der Waals surface area contributed by atoms with Gasteiger partial charge in [-0.2, -0.15) is 0 Å². The number of rotatable bonds is 1. The van der Waals surface area contributed by atoms with Gasteiger partial charge < -0.3 is 9.84 Å². The van der Waals surface area contributed by atoms with Crippen LogP contribution in [0.5, 0.6) is 0 Å². The maximum absolute atomic E-state index is 12.4. The van der Waals surface area contributed by atoms with Crippen molar-refractivity contribution < 1.29 is 24.2 Å². The van der Waals surface area contributed by atoms with Crippen LogP contribution in [-0.2, 0) is 19.1 Å². The van der Waals surface area contributed by atoms with Crippen molar-refractivity contribution in [3.05, 3.63) is 11.6 Å². The van der Waals surface area contributed by atoms with Gasteiger partial charge in [0.15, 0.2) is 0 Å². The molecule has 0 unspecified atom stereocenters. The maximum Gasteiger partial charge on any atom is 0.310 e. The van der Waals surface area contributed by atoms with Crippen LogP contribution in [0.3, 0.4) is 0 Å². The predicted octanol–water partition coefficient (Wildman–Crippen LogP) is 1.26. The predicted molar refractivity (Wildman–Crippen MR) is 67.0 cm³/mol. The molecule has 0 aromatic heterocycles. The lowest BCUT2D eigenvalue weighted by atomic mass is 9.58. The Labute approximate surface area is 116 Å². The third-order valence-corrected chi connectivity index (χ3v) is 5.61. The van der Waals surface area contributed by atoms with Crippen molar-refractivity contribution in [1.29, 1.82) is 0 Å². The first-order valence-electron chi connectivity index (χ1n) is 7.15. The molecule has 2 aliphatic heterocycles. The molecule has 4 rings (SSSR count). The molecular formula is C15H16O5. The van der Waals surface area contributed by atoms with Crippen LogP contribution in [0.4, 0.5) is 0 Å². The van der Waals surface area contributed by atoms with E-state index in [4.69, 9.17) is 4.74 Å². The van der Waals surface area contributed by atoms with Gasteiger partial charge in [-0.1, -0.05) is 6.08 Å². The van der Waals surface area contributed by atoms with Crippen molar-refractivity contribution >= 4 is 17.5 Å². The second kappa shape index (κ2) is 3.58. The fourth-order valence-electron chi connectivity index (χ4n) is 4.85. The number of carboxylic acids is 1. The Kier molecular flexibility index (Phi) is 2.20. The Morgan fingerprint density at radius 2 is 2.05 bits per heavy atom. The summed E-state index contributed by atoms with van der Waals surface area (Å²) in [6.45, 7) is 0. The van der Waals surface area contributed by atoms with Gasteiger partial charge in [0.1, 0.15) is 17.2 Å². The molecule has 1 saturated heterocycles. The quantitative estimate of drug-likeness (QED) is 0.729. The highest BCUT2D eigenvalue weighted by atomic mass is 16.5. The van der Waals surface area contributed by atoms with Crippen molar-refractivity contribution in [3.63, 3.8) is 0 Å². The van der Waals surface area contributed by atoms with Gasteiger partial charge in [0.2, 0.25) is 0 Å². The molecule has 1 N–H and O–H groups in total. The van der Waals surface area contributed by atoms with Crippen LogP contribution < -0.4 is 0 Å². The first kappa shape index (κ1) is 12.3. The van der Waals surface area contributed by atoms with Crippen LogP contribution in [0.25, 0.3) is 0 Å². The number of hydrogen-bond donors (Lipinski definition) is 1. The average molecular weight is 276 g/mol. The van der Waals surface area contributed by atoms with Gasteiger partial charge in [0.25, 0.3) is 0 Å². The second-order valence-electron chi connectivity index (χ2n) is 6.52. The lowest BCUT2D eigenvalue weighted by Gasteiger charge is -2.49. The van der Waals surface area contributed by atoms with Crippen molar-refractivity contribution in [2.75, 3.05) is 0 Å². The number of carboxylic acid groups (broad SMARTS) is 1. The molecule has 5 nitrogen and oxygen atoms in total. The third kappa shape index (κ3) is 1.24. The molecule has 2 aliphatic carbocycles. The zero-order chi connectivity index (χ0) is 14.1. The molecule has 3 fully saturated rings. The lowest BCUT2D eigenvalue weighted by molar-refractivity contribution is -0.179. The lowest BCUT2D eigenvalue weighted by Crippen LogP contribution is -2.58. The van der Waals surface area contributed by atoms with E-state index in [2.05, 4.69) is 0 Å². The first-order chi connectivity index (χ1) is 9.48. The van der Waals surface area contributed by atoms with E-state index in [1.165, 1.54) is 0 Å². The topological polar surface area (TPSA) is 80.7 Å². The van der Waals surface area contributed by atoms with Crippen LogP contribution in [0.2, 0.25) is 0 Å². The summed E-state index contributed by atoms with van der Waals surface area (Å²) in [6, 6.07) is 0. The number of fused-ring (bicyclic) bond motifs is 2. The van der Waals surface area contributed by atoms with E-state index >= 15 is 0 Å². The van der Waals surface area contributed by atoms with Gasteiger partial charge in [-0.25, -0.2) is 0 Å². The number of ketones is 2. The second-order valence-corrected chi connectivity index (χ2v) is 6.52. The fraction of sp³-hybridized carbons (Fsp3) is 0.667. The van der Waals surface area contributed by atoms with Crippen molar-refractivity contribution in [2.24, 2.45) is 11.3 Å². The Bertz CT molecular complexity index is 577. The minimum atomic E-state index is -1.03. The molecule has 2 bridgehead atoms. The van der Waals surface area contributed by atoms with Crippen LogP contribution >= 0.6 is 0 Å². The molecule has 106 valence electrons. The molecule has 0 aromatic carbocycles. The molecule has 4 atom stereocenters. The summed E-state index contributed by atoms with van der Waals surface area (Å²) in [4.78, 5) is 36.2. The molecular weight excluding hydrogens is 260 g/mol. The largest absolute Gasteiger partial charge is 0.481 e. The minimum absolute atomic E-state index is 0.0478. The summed E-state index contributed by atoms with van der Waals surface area (Å²) >= 11 is 0. The minimum Gasteiger partial charge on any atom is -0.481 e. The molecule has 5 heteroatoms. The van der Waals surface area contributed by atoms with E-state index in [0.29, 0.717) is 25.7 Å². The maximum atomic E-state index is 12.4. The van der Waals surface area contributed by atoms with Gasteiger partial charge in [-0.15, -0.1) is 0 Å². The van der Waals surface area contributed by atoms with Gasteiger partial charge in [-0.05, 0) is 24.8 Å². The Hall–Kier alpha value is -1.49.